The number of carbonyl (C=O) groups excluding carboxylic acids is 2. The molecular formula is C86H93Cl4N13O14S4. The van der Waals surface area contributed by atoms with Gasteiger partial charge in [-0.3, -0.25) is 9.59 Å². The normalized spacial score (nSPS) is 12.1. The van der Waals surface area contributed by atoms with Gasteiger partial charge in [-0.05, 0) is 195 Å². The highest BCUT2D eigenvalue weighted by atomic mass is 35.5. The zero-order valence-electron chi connectivity index (χ0n) is 71.0. The second-order valence-corrected chi connectivity index (χ2v) is 41.2. The first-order valence-electron chi connectivity index (χ1n) is 37.2. The van der Waals surface area contributed by atoms with Crippen LogP contribution in [0.2, 0.25) is 20.1 Å². The van der Waals surface area contributed by atoms with Crippen LogP contribution in [0.15, 0.2) is 185 Å². The minimum absolute atomic E-state index is 0.0669. The molecule has 638 valence electrons. The summed E-state index contributed by atoms with van der Waals surface area (Å²) in [4.78, 5) is 27.5. The highest BCUT2D eigenvalue weighted by Crippen LogP contribution is 2.41. The van der Waals surface area contributed by atoms with E-state index < -0.39 is 39.3 Å². The molecule has 0 radical (unpaired) electrons. The summed E-state index contributed by atoms with van der Waals surface area (Å²) in [5.41, 5.74) is 8.41. The summed E-state index contributed by atoms with van der Waals surface area (Å²) >= 11 is 24.9. The van der Waals surface area contributed by atoms with E-state index >= 15 is 0 Å². The van der Waals surface area contributed by atoms with Crippen molar-refractivity contribution in [3.8, 4) is 45.7 Å². The Kier molecular flexibility index (Phi) is 28.1. The first-order chi connectivity index (χ1) is 56.2. The number of sulfone groups is 4. The van der Waals surface area contributed by atoms with Gasteiger partial charge in [-0.15, -0.1) is 20.4 Å². The maximum absolute atomic E-state index is 13.2. The number of hydrogen-bond acceptors (Lipinski definition) is 22. The van der Waals surface area contributed by atoms with Crippen LogP contribution in [0, 0.1) is 41.2 Å². The average molecular weight is 1800 g/mol. The van der Waals surface area contributed by atoms with Crippen LogP contribution in [0.5, 0.6) is 23.0 Å². The van der Waals surface area contributed by atoms with Crippen molar-refractivity contribution in [3.63, 3.8) is 0 Å². The molecule has 0 amide bonds. The second kappa shape index (κ2) is 36.2. The summed E-state index contributed by atoms with van der Waals surface area (Å²) in [6.45, 7) is 43.1. The van der Waals surface area contributed by atoms with E-state index in [2.05, 4.69) is 129 Å². The summed E-state index contributed by atoms with van der Waals surface area (Å²) < 4.78 is 132. The molecule has 121 heavy (non-hydrogen) atoms. The van der Waals surface area contributed by atoms with Crippen molar-refractivity contribution in [1.29, 1.82) is 0 Å². The smallest absolute Gasteiger partial charge is 0.227 e. The lowest BCUT2D eigenvalue weighted by Crippen LogP contribution is -2.12. The van der Waals surface area contributed by atoms with Crippen LogP contribution in [0.3, 0.4) is 0 Å². The molecule has 35 heteroatoms. The molecule has 0 unspecified atom stereocenters. The zero-order valence-corrected chi connectivity index (χ0v) is 77.3. The standard InChI is InChI=1S/2C22H24ClN3O4S.C21H21ClN4O3S.C21H24ClN3O3S/c2*1-13-21(31(28,29)16-9-7-15(8-10-16)22(3,4)5)24-25-26(13)19-12-18(23)17(14(2)27)11-20(19)30-6;1-13-20(30(27,28)15-9-7-14(8-10-15)21(2,3)4)24-25-26(13)18-11-16(22)17(23-5)12-19(18)29-6;1-13-11-19(28-6)18(12-17(13)22)25-14(2)20(23-24-25)29(26,27)16-9-7-15(8-10-16)21(3,4)5/h2*7-12H,1-6H3;7-12H,1-4,6H3;7-12H,1-6H3. The zero-order chi connectivity index (χ0) is 90.1. The van der Waals surface area contributed by atoms with Gasteiger partial charge in [0.25, 0.3) is 0 Å². The fraction of sp³-hybridized carbons (Fsp3) is 0.314. The van der Waals surface area contributed by atoms with Crippen LogP contribution in [0.1, 0.15) is 168 Å². The Morgan fingerprint density at radius 1 is 0.339 bits per heavy atom. The third-order valence-electron chi connectivity index (χ3n) is 19.6. The fourth-order valence-corrected chi connectivity index (χ4v) is 18.6. The van der Waals surface area contributed by atoms with Gasteiger partial charge in [0.2, 0.25) is 65.1 Å². The van der Waals surface area contributed by atoms with E-state index in [-0.39, 0.29) is 93.7 Å². The van der Waals surface area contributed by atoms with Gasteiger partial charge in [-0.25, -0.2) is 57.2 Å². The van der Waals surface area contributed by atoms with Crippen molar-refractivity contribution < 1.29 is 62.2 Å². The first-order valence-corrected chi connectivity index (χ1v) is 44.7. The molecule has 0 N–H and O–H groups in total. The lowest BCUT2D eigenvalue weighted by molar-refractivity contribution is 0.100. The van der Waals surface area contributed by atoms with E-state index in [1.54, 1.807) is 125 Å². The minimum Gasteiger partial charge on any atom is -0.496 e. The lowest BCUT2D eigenvalue weighted by Gasteiger charge is -2.19. The molecule has 4 heterocycles. The van der Waals surface area contributed by atoms with Gasteiger partial charge < -0.3 is 18.9 Å². The molecule has 0 spiro atoms. The average Bonchev–Trinajstić information content (AvgIpc) is 1.65. The van der Waals surface area contributed by atoms with Crippen LogP contribution in [-0.4, -0.2) is 134 Å². The van der Waals surface area contributed by atoms with Crippen LogP contribution in [0.25, 0.3) is 27.6 Å². The lowest BCUT2D eigenvalue weighted by atomic mass is 9.87. The quantitative estimate of drug-likeness (QED) is 0.0569. The van der Waals surface area contributed by atoms with E-state index in [9.17, 15) is 43.3 Å². The summed E-state index contributed by atoms with van der Waals surface area (Å²) in [5, 5.41) is 32.4. The van der Waals surface area contributed by atoms with Crippen molar-refractivity contribution in [2.45, 2.75) is 193 Å². The number of aryl methyl sites for hydroxylation is 1. The van der Waals surface area contributed by atoms with Crippen LogP contribution < -0.4 is 18.9 Å². The maximum atomic E-state index is 13.2. The molecule has 0 saturated heterocycles. The number of benzene rings is 8. The van der Waals surface area contributed by atoms with Gasteiger partial charge in [0.1, 0.15) is 45.7 Å². The topological polar surface area (TPSA) is 335 Å². The molecule has 12 aromatic rings. The van der Waals surface area contributed by atoms with E-state index in [0.717, 1.165) is 27.8 Å². The molecule has 8 aromatic carbocycles. The number of rotatable bonds is 18. The van der Waals surface area contributed by atoms with Gasteiger partial charge in [0.15, 0.2) is 11.6 Å². The highest BCUT2D eigenvalue weighted by molar-refractivity contribution is 7.92. The number of Topliss-reactive ketones (excluding diaryl/α,β-unsaturated/α-hetero) is 2. The first kappa shape index (κ1) is 94.2. The van der Waals surface area contributed by atoms with E-state index in [4.69, 9.17) is 71.9 Å². The number of halogens is 4. The molecule has 27 nitrogen and oxygen atoms in total. The van der Waals surface area contributed by atoms with Crippen LogP contribution in [-0.2, 0) is 61.0 Å². The van der Waals surface area contributed by atoms with Gasteiger partial charge >= 0.3 is 0 Å². The number of ketones is 2. The number of carbonyl (C=O) groups is 2. The van der Waals surface area contributed by atoms with Gasteiger partial charge in [0.05, 0.1) is 87.4 Å². The SMILES string of the molecule is COc1cc(C(C)=O)c(Cl)cc1-n1nnc(S(=O)(=O)c2ccc(C(C)(C)C)cc2)c1C.COc1cc(C(C)=O)c(Cl)cc1-n1nnc(S(=O)(=O)c2ccc(C(C)(C)C)cc2)c1C.COc1cc(C)c(Cl)cc1-n1nnc(S(=O)(=O)c2ccc(C(C)(C)C)cc2)c1C.[C-]#[N+]c1cc(OC)c(-n2nnc(S(=O)(=O)c3ccc(C(C)(C)C)cc3)c2C)cc1Cl. The second-order valence-electron chi connectivity index (χ2n) is 32.2. The van der Waals surface area contributed by atoms with E-state index in [0.29, 0.717) is 84.7 Å². The molecule has 0 aliphatic carbocycles. The third kappa shape index (κ3) is 19.9. The van der Waals surface area contributed by atoms with Crippen LogP contribution in [0.4, 0.5) is 5.69 Å². The van der Waals surface area contributed by atoms with E-state index in [1.165, 1.54) is 97.4 Å². The fourth-order valence-electron chi connectivity index (χ4n) is 12.4. The monoisotopic (exact) mass is 1800 g/mol. The van der Waals surface area contributed by atoms with Gasteiger partial charge in [0, 0.05) is 21.2 Å². The summed E-state index contributed by atoms with van der Waals surface area (Å²) in [6, 6.07) is 39.6. The number of ether oxygens (including phenoxy) is 4. The Balaban J connectivity index is 0.000000183. The summed E-state index contributed by atoms with van der Waals surface area (Å²) in [6.07, 6.45) is 0. The molecule has 0 aliphatic rings. The van der Waals surface area contributed by atoms with E-state index in [1.807, 2.05) is 19.1 Å². The van der Waals surface area contributed by atoms with Crippen molar-refractivity contribution in [3.05, 3.63) is 239 Å². The van der Waals surface area contributed by atoms with Gasteiger partial charge in [-0.2, -0.15) is 0 Å². The van der Waals surface area contributed by atoms with Crippen molar-refractivity contribution in [2.75, 3.05) is 28.4 Å². The third-order valence-corrected chi connectivity index (χ3v) is 28.0. The Morgan fingerprint density at radius 2 is 0.554 bits per heavy atom. The molecule has 0 atom stereocenters. The molecule has 0 aliphatic heterocycles. The molecule has 12 rings (SSSR count). The van der Waals surface area contributed by atoms with Crippen LogP contribution >= 0.6 is 46.4 Å². The molecule has 0 fully saturated rings. The maximum Gasteiger partial charge on any atom is 0.227 e. The van der Waals surface area contributed by atoms with Gasteiger partial charge in [-0.1, -0.05) is 199 Å². The number of aromatic nitrogens is 12. The number of methoxy groups -OCH3 is 4. The molecule has 0 bridgehead atoms. The van der Waals surface area contributed by atoms with Crippen molar-refractivity contribution >= 4 is 103 Å². The highest BCUT2D eigenvalue weighted by Gasteiger charge is 2.34. The Bertz CT molecular complexity index is 6300. The predicted octanol–water partition coefficient (Wildman–Crippen LogP) is 18.7. The molecular weight excluding hydrogens is 1710 g/mol. The minimum atomic E-state index is -3.89. The number of hydrogen-bond donors (Lipinski definition) is 0. The Morgan fingerprint density at radius 3 is 0.769 bits per heavy atom. The Hall–Kier alpha value is -10.7. The Labute approximate surface area is 725 Å². The number of nitrogens with zero attached hydrogens (tertiary/aromatic N) is 13. The predicted molar refractivity (Wildman–Crippen MR) is 464 cm³/mol. The summed E-state index contributed by atoms with van der Waals surface area (Å²) in [5.74, 6) is 1.07. The largest absolute Gasteiger partial charge is 0.496 e. The van der Waals surface area contributed by atoms with Crippen molar-refractivity contribution in [1.82, 2.24) is 60.0 Å². The molecule has 0 saturated carbocycles. The van der Waals surface area contributed by atoms with Crippen molar-refractivity contribution in [2.24, 2.45) is 0 Å². The molecule has 4 aromatic heterocycles. The summed E-state index contributed by atoms with van der Waals surface area (Å²) in [7, 11) is -9.63.